The predicted molar refractivity (Wildman–Crippen MR) is 109 cm³/mol. The third-order valence-electron chi connectivity index (χ3n) is 3.99. The van der Waals surface area contributed by atoms with E-state index in [0.29, 0.717) is 29.9 Å². The zero-order valence-electron chi connectivity index (χ0n) is 14.5. The summed E-state index contributed by atoms with van der Waals surface area (Å²) in [5, 5.41) is 5.61. The molecule has 1 fully saturated rings. The monoisotopic (exact) mass is 412 g/mol. The second-order valence-corrected chi connectivity index (χ2v) is 5.82. The summed E-state index contributed by atoms with van der Waals surface area (Å²) in [5.41, 5.74) is 7.26. The molecule has 1 aliphatic heterocycles. The van der Waals surface area contributed by atoms with Crippen molar-refractivity contribution < 1.29 is 14.3 Å². The minimum Gasteiger partial charge on any atom is -0.364 e. The first-order chi connectivity index (χ1) is 12.2. The third-order valence-corrected chi connectivity index (χ3v) is 3.99. The Hall–Kier alpha value is -2.19. The highest BCUT2D eigenvalue weighted by molar-refractivity contribution is 6.04. The fourth-order valence-electron chi connectivity index (χ4n) is 2.68. The number of ether oxygens (including phenoxy) is 1. The van der Waals surface area contributed by atoms with Crippen LogP contribution >= 0.6 is 24.8 Å². The molecular weight excluding hydrogens is 391 g/mol. The summed E-state index contributed by atoms with van der Waals surface area (Å²) >= 11 is 0. The van der Waals surface area contributed by atoms with E-state index in [9.17, 15) is 9.59 Å². The minimum absolute atomic E-state index is 0. The average molecular weight is 413 g/mol. The summed E-state index contributed by atoms with van der Waals surface area (Å²) in [7, 11) is 0. The van der Waals surface area contributed by atoms with Crippen LogP contribution < -0.4 is 16.4 Å². The van der Waals surface area contributed by atoms with Crippen molar-refractivity contribution >= 4 is 48.0 Å². The van der Waals surface area contributed by atoms with Crippen molar-refractivity contribution in [3.05, 3.63) is 54.4 Å². The molecule has 0 bridgehead atoms. The van der Waals surface area contributed by atoms with Gasteiger partial charge in [0.1, 0.15) is 6.10 Å². The van der Waals surface area contributed by atoms with Crippen molar-refractivity contribution in [1.29, 1.82) is 0 Å². The van der Waals surface area contributed by atoms with Crippen LogP contribution in [0.2, 0.25) is 0 Å². The Morgan fingerprint density at radius 2 is 1.74 bits per heavy atom. The van der Waals surface area contributed by atoms with E-state index in [0.717, 1.165) is 6.42 Å². The molecule has 2 atom stereocenters. The number of halogens is 2. The van der Waals surface area contributed by atoms with Gasteiger partial charge in [-0.2, -0.15) is 0 Å². The number of benzene rings is 1. The molecule has 0 aliphatic carbocycles. The van der Waals surface area contributed by atoms with Crippen LogP contribution in [0.15, 0.2) is 48.8 Å². The van der Waals surface area contributed by atoms with Crippen molar-refractivity contribution in [1.82, 2.24) is 4.98 Å². The van der Waals surface area contributed by atoms with Crippen LogP contribution in [0.4, 0.5) is 11.4 Å². The van der Waals surface area contributed by atoms with Crippen molar-refractivity contribution in [3.63, 3.8) is 0 Å². The minimum atomic E-state index is -0.483. The first-order valence-electron chi connectivity index (χ1n) is 8.13. The van der Waals surface area contributed by atoms with Gasteiger partial charge in [0.25, 0.3) is 11.8 Å². The van der Waals surface area contributed by atoms with Crippen molar-refractivity contribution in [3.8, 4) is 0 Å². The number of anilines is 2. The molecule has 0 spiro atoms. The van der Waals surface area contributed by atoms with Gasteiger partial charge in [0.05, 0.1) is 6.10 Å². The van der Waals surface area contributed by atoms with Gasteiger partial charge in [0, 0.05) is 35.9 Å². The van der Waals surface area contributed by atoms with E-state index in [1.807, 2.05) is 0 Å². The molecule has 2 amide bonds. The molecule has 0 unspecified atom stereocenters. The Balaban J connectivity index is 0.00000182. The highest BCUT2D eigenvalue weighted by atomic mass is 35.5. The van der Waals surface area contributed by atoms with E-state index >= 15 is 0 Å². The van der Waals surface area contributed by atoms with Gasteiger partial charge in [0.15, 0.2) is 0 Å². The first-order valence-corrected chi connectivity index (χ1v) is 8.13. The maximum atomic E-state index is 12.3. The number of hydrogen-bond donors (Lipinski definition) is 3. The van der Waals surface area contributed by atoms with Gasteiger partial charge in [-0.15, -0.1) is 24.8 Å². The van der Waals surface area contributed by atoms with Gasteiger partial charge in [-0.1, -0.05) is 6.07 Å². The van der Waals surface area contributed by atoms with Crippen LogP contribution in [0.1, 0.15) is 23.2 Å². The number of carbonyl (C=O) groups excluding carboxylic acids is 2. The number of pyridine rings is 1. The number of carbonyl (C=O) groups is 2. The molecule has 3 rings (SSSR count). The second kappa shape index (κ2) is 10.8. The molecule has 0 saturated carbocycles. The van der Waals surface area contributed by atoms with E-state index < -0.39 is 6.10 Å². The molecule has 2 aromatic rings. The van der Waals surface area contributed by atoms with Gasteiger partial charge in [-0.3, -0.25) is 14.6 Å². The van der Waals surface area contributed by atoms with Gasteiger partial charge in [-0.05, 0) is 43.2 Å². The molecule has 7 nitrogen and oxygen atoms in total. The summed E-state index contributed by atoms with van der Waals surface area (Å²) in [6, 6.07) is 10.2. The van der Waals surface area contributed by atoms with Crippen molar-refractivity contribution in [2.45, 2.75) is 25.0 Å². The van der Waals surface area contributed by atoms with Gasteiger partial charge < -0.3 is 21.1 Å². The Morgan fingerprint density at radius 1 is 1.07 bits per heavy atom. The van der Waals surface area contributed by atoms with E-state index in [1.54, 1.807) is 48.8 Å². The highest BCUT2D eigenvalue weighted by Crippen LogP contribution is 2.22. The Morgan fingerprint density at radius 3 is 2.37 bits per heavy atom. The summed E-state index contributed by atoms with van der Waals surface area (Å²) in [6.45, 7) is 0.417. The van der Waals surface area contributed by atoms with Crippen molar-refractivity contribution in [2.75, 3.05) is 17.2 Å². The number of nitrogens with two attached hydrogens (primary N) is 1. The van der Waals surface area contributed by atoms with E-state index in [1.165, 1.54) is 0 Å². The highest BCUT2D eigenvalue weighted by Gasteiger charge is 2.29. The third kappa shape index (κ3) is 6.18. The maximum absolute atomic E-state index is 12.3. The fourth-order valence-corrected chi connectivity index (χ4v) is 2.68. The lowest BCUT2D eigenvalue weighted by Gasteiger charge is -2.13. The average Bonchev–Trinajstić information content (AvgIpc) is 3.12. The van der Waals surface area contributed by atoms with E-state index in [4.69, 9.17) is 10.5 Å². The number of rotatable bonds is 5. The molecule has 1 aliphatic rings. The summed E-state index contributed by atoms with van der Waals surface area (Å²) in [4.78, 5) is 28.3. The Kier molecular flexibility index (Phi) is 9.17. The number of nitrogens with zero attached hydrogens (tertiary/aromatic N) is 1. The number of nitrogens with one attached hydrogen (secondary N) is 2. The summed E-state index contributed by atoms with van der Waals surface area (Å²) in [5.74, 6) is -0.440. The standard InChI is InChI=1S/C18H20N4O3.2ClH/c19-11-15-4-5-16(25-15)18(24)22-14-3-1-2-13(10-14)21-17(23)12-6-8-20-9-7-12;;/h1-3,6-10,15-16H,4-5,11,19H2,(H,21,23)(H,22,24);2*1H/t15-,16+;;/m1../s1. The van der Waals surface area contributed by atoms with Crippen LogP contribution in [0.25, 0.3) is 0 Å². The Labute approximate surface area is 169 Å². The molecule has 1 aromatic carbocycles. The SMILES string of the molecule is Cl.Cl.NC[C@H]1CC[C@@H](C(=O)Nc2cccc(NC(=O)c3ccncc3)c2)O1. The molecule has 27 heavy (non-hydrogen) atoms. The molecule has 2 heterocycles. The molecule has 0 radical (unpaired) electrons. The quantitative estimate of drug-likeness (QED) is 0.699. The maximum Gasteiger partial charge on any atom is 0.255 e. The lowest BCUT2D eigenvalue weighted by Crippen LogP contribution is -2.29. The molecule has 1 saturated heterocycles. The molecule has 9 heteroatoms. The molecule has 146 valence electrons. The van der Waals surface area contributed by atoms with Crippen LogP contribution in [0.5, 0.6) is 0 Å². The van der Waals surface area contributed by atoms with Crippen LogP contribution in [0, 0.1) is 0 Å². The van der Waals surface area contributed by atoms with Gasteiger partial charge in [-0.25, -0.2) is 0 Å². The van der Waals surface area contributed by atoms with Crippen LogP contribution in [0.3, 0.4) is 0 Å². The van der Waals surface area contributed by atoms with E-state index in [2.05, 4.69) is 15.6 Å². The molecule has 1 aromatic heterocycles. The zero-order chi connectivity index (χ0) is 17.6. The second-order valence-electron chi connectivity index (χ2n) is 5.82. The zero-order valence-corrected chi connectivity index (χ0v) is 16.1. The summed E-state index contributed by atoms with van der Waals surface area (Å²) < 4.78 is 5.58. The lowest BCUT2D eigenvalue weighted by atomic mass is 10.2. The number of hydrogen-bond acceptors (Lipinski definition) is 5. The predicted octanol–water partition coefficient (Wildman–Crippen LogP) is 2.62. The lowest BCUT2D eigenvalue weighted by molar-refractivity contribution is -0.126. The van der Waals surface area contributed by atoms with Crippen molar-refractivity contribution in [2.24, 2.45) is 5.73 Å². The smallest absolute Gasteiger partial charge is 0.255 e. The topological polar surface area (TPSA) is 106 Å². The number of amides is 2. The normalized spacial score (nSPS) is 18.0. The first kappa shape index (κ1) is 22.9. The van der Waals surface area contributed by atoms with E-state index in [-0.39, 0.29) is 42.7 Å². The van der Waals surface area contributed by atoms with Crippen LogP contribution in [-0.2, 0) is 9.53 Å². The molecular formula is C18H22Cl2N4O3. The van der Waals surface area contributed by atoms with Gasteiger partial charge >= 0.3 is 0 Å². The molecule has 4 N–H and O–H groups in total. The number of aromatic nitrogens is 1. The van der Waals surface area contributed by atoms with Gasteiger partial charge in [0.2, 0.25) is 0 Å². The summed E-state index contributed by atoms with van der Waals surface area (Å²) in [6.07, 6.45) is 4.03. The largest absolute Gasteiger partial charge is 0.364 e. The Bertz CT molecular complexity index is 761. The van der Waals surface area contributed by atoms with Crippen LogP contribution in [-0.4, -0.2) is 35.6 Å². The fraction of sp³-hybridized carbons (Fsp3) is 0.278.